The average molecular weight is 464 g/mol. The van der Waals surface area contributed by atoms with Crippen LogP contribution in [-0.2, 0) is 4.79 Å². The molecule has 34 heavy (non-hydrogen) atoms. The highest BCUT2D eigenvalue weighted by Gasteiger charge is 2.28. The molecular weight excluding hydrogens is 439 g/mol. The van der Waals surface area contributed by atoms with Gasteiger partial charge in [0, 0.05) is 48.4 Å². The number of ether oxygens (including phenoxy) is 3. The van der Waals surface area contributed by atoms with E-state index in [4.69, 9.17) is 14.2 Å². The molecule has 0 radical (unpaired) electrons. The molecule has 0 spiro atoms. The molecule has 8 nitrogen and oxygen atoms in total. The zero-order valence-electron chi connectivity index (χ0n) is 19.2. The van der Waals surface area contributed by atoms with Crippen molar-refractivity contribution in [2.75, 3.05) is 44.6 Å². The number of hydrogen-bond donors (Lipinski definition) is 1. The minimum Gasteiger partial charge on any atom is -0.493 e. The topological polar surface area (TPSA) is 96.7 Å². The molecule has 1 aliphatic heterocycles. The number of piperidine rings is 1. The van der Waals surface area contributed by atoms with E-state index in [1.807, 2.05) is 4.90 Å². The Labute approximate surface area is 196 Å². The summed E-state index contributed by atoms with van der Waals surface area (Å²) in [6, 6.07) is 9.89. The second-order valence-electron chi connectivity index (χ2n) is 7.96. The molecule has 1 amide bonds. The van der Waals surface area contributed by atoms with Crippen LogP contribution in [0.3, 0.4) is 0 Å². The lowest BCUT2D eigenvalue weighted by Crippen LogP contribution is -2.38. The normalized spacial score (nSPS) is 13.9. The van der Waals surface area contributed by atoms with Crippen molar-refractivity contribution in [3.8, 4) is 23.3 Å². The van der Waals surface area contributed by atoms with E-state index in [0.29, 0.717) is 71.0 Å². The maximum absolute atomic E-state index is 13.9. The fraction of sp³-hybridized carbons (Fsp3) is 0.320. The summed E-state index contributed by atoms with van der Waals surface area (Å²) < 4.78 is 30.0. The zero-order valence-corrected chi connectivity index (χ0v) is 19.2. The molecule has 9 heteroatoms. The van der Waals surface area contributed by atoms with E-state index in [1.165, 1.54) is 39.7 Å². The Hall–Kier alpha value is -4.06. The molecule has 0 aliphatic carbocycles. The molecule has 0 unspecified atom stereocenters. The summed E-state index contributed by atoms with van der Waals surface area (Å²) in [4.78, 5) is 19.3. The number of methoxy groups -OCH3 is 3. The highest BCUT2D eigenvalue weighted by Crippen LogP contribution is 2.40. The Morgan fingerprint density at radius 1 is 1.12 bits per heavy atom. The van der Waals surface area contributed by atoms with E-state index in [9.17, 15) is 14.4 Å². The predicted octanol–water partition coefficient (Wildman–Crippen LogP) is 4.13. The first-order valence-corrected chi connectivity index (χ1v) is 10.8. The largest absolute Gasteiger partial charge is 0.493 e. The van der Waals surface area contributed by atoms with Crippen LogP contribution in [0.2, 0.25) is 0 Å². The third-order valence-corrected chi connectivity index (χ3v) is 6.04. The Morgan fingerprint density at radius 3 is 2.38 bits per heavy atom. The van der Waals surface area contributed by atoms with Gasteiger partial charge in [0.2, 0.25) is 11.7 Å². The lowest BCUT2D eigenvalue weighted by molar-refractivity contribution is -0.120. The molecule has 2 aromatic carbocycles. The number of fused-ring (bicyclic) bond motifs is 1. The van der Waals surface area contributed by atoms with Gasteiger partial charge in [0.1, 0.15) is 11.9 Å². The molecule has 1 aliphatic rings. The monoisotopic (exact) mass is 464 g/mol. The second kappa shape index (κ2) is 9.83. The summed E-state index contributed by atoms with van der Waals surface area (Å²) in [5, 5.41) is 13.1. The summed E-state index contributed by atoms with van der Waals surface area (Å²) in [6.07, 6.45) is 2.68. The van der Waals surface area contributed by atoms with Crippen LogP contribution >= 0.6 is 0 Å². The van der Waals surface area contributed by atoms with Crippen molar-refractivity contribution in [2.45, 2.75) is 12.8 Å². The summed E-state index contributed by atoms with van der Waals surface area (Å²) in [5.41, 5.74) is 2.22. The van der Waals surface area contributed by atoms with Crippen molar-refractivity contribution in [2.24, 2.45) is 5.92 Å². The third-order valence-electron chi connectivity index (χ3n) is 6.04. The van der Waals surface area contributed by atoms with Gasteiger partial charge in [0.25, 0.3) is 0 Å². The van der Waals surface area contributed by atoms with Crippen molar-refractivity contribution in [1.29, 1.82) is 5.26 Å². The van der Waals surface area contributed by atoms with Gasteiger partial charge >= 0.3 is 0 Å². The quantitative estimate of drug-likeness (QED) is 0.586. The number of carbonyl (C=O) groups is 1. The summed E-state index contributed by atoms with van der Waals surface area (Å²) in [6.45, 7) is 1.11. The first kappa shape index (κ1) is 23.1. The smallest absolute Gasteiger partial charge is 0.227 e. The molecule has 1 fully saturated rings. The molecule has 1 aromatic heterocycles. The Balaban J connectivity index is 1.51. The van der Waals surface area contributed by atoms with Gasteiger partial charge in [0.15, 0.2) is 11.5 Å². The molecule has 2 heterocycles. The van der Waals surface area contributed by atoms with Crippen LogP contribution in [0, 0.1) is 23.1 Å². The first-order chi connectivity index (χ1) is 16.5. The van der Waals surface area contributed by atoms with E-state index in [-0.39, 0.29) is 17.6 Å². The standard InChI is InChI=1S/C25H25FN4O4/c1-32-21-11-18(12-22(33-2)24(21)34-3)29-25(31)15-6-8-30(9-7-15)23-16(13-27)14-28-20-5-4-17(26)10-19(20)23/h4-5,10-12,14-15H,6-9H2,1-3H3,(H,29,31). The second-order valence-corrected chi connectivity index (χ2v) is 7.96. The highest BCUT2D eigenvalue weighted by molar-refractivity contribution is 5.95. The maximum Gasteiger partial charge on any atom is 0.227 e. The number of pyridine rings is 1. The van der Waals surface area contributed by atoms with Crippen LogP contribution < -0.4 is 24.4 Å². The molecule has 0 bridgehead atoms. The molecule has 4 rings (SSSR count). The van der Waals surface area contributed by atoms with Gasteiger partial charge in [0.05, 0.1) is 38.1 Å². The zero-order chi connectivity index (χ0) is 24.2. The first-order valence-electron chi connectivity index (χ1n) is 10.8. The van der Waals surface area contributed by atoms with Crippen molar-refractivity contribution in [3.05, 3.63) is 47.9 Å². The fourth-order valence-electron chi connectivity index (χ4n) is 4.34. The van der Waals surface area contributed by atoms with Gasteiger partial charge in [-0.2, -0.15) is 5.26 Å². The van der Waals surface area contributed by atoms with Crippen LogP contribution in [0.25, 0.3) is 10.9 Å². The molecule has 1 saturated heterocycles. The van der Waals surface area contributed by atoms with Crippen LogP contribution in [0.1, 0.15) is 18.4 Å². The van der Waals surface area contributed by atoms with Gasteiger partial charge in [-0.1, -0.05) is 0 Å². The molecule has 0 atom stereocenters. The number of hydrogen-bond acceptors (Lipinski definition) is 7. The fourth-order valence-corrected chi connectivity index (χ4v) is 4.34. The lowest BCUT2D eigenvalue weighted by Gasteiger charge is -2.34. The van der Waals surface area contributed by atoms with Crippen LogP contribution in [0.5, 0.6) is 17.2 Å². The number of anilines is 2. The summed E-state index contributed by atoms with van der Waals surface area (Å²) >= 11 is 0. The minimum atomic E-state index is -0.384. The van der Waals surface area contributed by atoms with E-state index in [1.54, 1.807) is 18.2 Å². The number of aromatic nitrogens is 1. The van der Waals surface area contributed by atoms with Crippen molar-refractivity contribution in [3.63, 3.8) is 0 Å². The Bertz CT molecular complexity index is 1240. The van der Waals surface area contributed by atoms with Gasteiger partial charge < -0.3 is 24.4 Å². The number of amides is 1. The number of nitriles is 1. The van der Waals surface area contributed by atoms with Crippen LogP contribution in [-0.4, -0.2) is 45.3 Å². The molecule has 1 N–H and O–H groups in total. The SMILES string of the molecule is COc1cc(NC(=O)C2CCN(c3c(C#N)cnc4ccc(F)cc34)CC2)cc(OC)c1OC. The van der Waals surface area contributed by atoms with E-state index in [0.717, 1.165) is 0 Å². The third kappa shape index (κ3) is 4.39. The number of halogens is 1. The van der Waals surface area contributed by atoms with Gasteiger partial charge in [-0.25, -0.2) is 4.39 Å². The maximum atomic E-state index is 13.9. The van der Waals surface area contributed by atoms with E-state index >= 15 is 0 Å². The number of carbonyl (C=O) groups excluding carboxylic acids is 1. The molecule has 3 aromatic rings. The molecule has 176 valence electrons. The van der Waals surface area contributed by atoms with Gasteiger partial charge in [-0.05, 0) is 31.0 Å². The van der Waals surface area contributed by atoms with E-state index in [2.05, 4.69) is 16.4 Å². The molecular formula is C25H25FN4O4. The summed E-state index contributed by atoms with van der Waals surface area (Å²) in [5.74, 6) is 0.641. The van der Waals surface area contributed by atoms with Gasteiger partial charge in [-0.3, -0.25) is 9.78 Å². The molecule has 0 saturated carbocycles. The number of benzene rings is 2. The lowest BCUT2D eigenvalue weighted by atomic mass is 9.94. The number of nitrogens with zero attached hydrogens (tertiary/aromatic N) is 3. The average Bonchev–Trinajstić information content (AvgIpc) is 2.87. The van der Waals surface area contributed by atoms with E-state index < -0.39 is 0 Å². The number of nitrogens with one attached hydrogen (secondary N) is 1. The van der Waals surface area contributed by atoms with Crippen molar-refractivity contribution in [1.82, 2.24) is 4.98 Å². The minimum absolute atomic E-state index is 0.111. The van der Waals surface area contributed by atoms with Crippen LogP contribution in [0.15, 0.2) is 36.5 Å². The Kier molecular flexibility index (Phi) is 6.68. The highest BCUT2D eigenvalue weighted by atomic mass is 19.1. The van der Waals surface area contributed by atoms with Gasteiger partial charge in [-0.15, -0.1) is 0 Å². The van der Waals surface area contributed by atoms with Crippen molar-refractivity contribution >= 4 is 28.2 Å². The Morgan fingerprint density at radius 2 is 1.79 bits per heavy atom. The van der Waals surface area contributed by atoms with Crippen LogP contribution in [0.4, 0.5) is 15.8 Å². The predicted molar refractivity (Wildman–Crippen MR) is 126 cm³/mol. The summed E-state index contributed by atoms with van der Waals surface area (Å²) in [7, 11) is 4.55. The van der Waals surface area contributed by atoms with Crippen molar-refractivity contribution < 1.29 is 23.4 Å². The number of rotatable bonds is 6.